The molecule has 1 unspecified atom stereocenters. The third kappa shape index (κ3) is 6.25. The van der Waals surface area contributed by atoms with Crippen molar-refractivity contribution in [2.75, 3.05) is 33.7 Å². The Bertz CT molecular complexity index is 365. The number of carbonyl (C=O) groups is 1. The van der Waals surface area contributed by atoms with Crippen LogP contribution in [-0.4, -0.2) is 44.7 Å². The lowest BCUT2D eigenvalue weighted by Gasteiger charge is -2.14. The van der Waals surface area contributed by atoms with Gasteiger partial charge < -0.3 is 15.5 Å². The van der Waals surface area contributed by atoms with Crippen molar-refractivity contribution in [2.45, 2.75) is 19.3 Å². The highest BCUT2D eigenvalue weighted by atomic mass is 16.2. The number of rotatable bonds is 7. The molecule has 0 saturated carbocycles. The lowest BCUT2D eigenvalue weighted by molar-refractivity contribution is 0.217. The second-order valence-corrected chi connectivity index (χ2v) is 4.98. The van der Waals surface area contributed by atoms with Crippen molar-refractivity contribution in [1.82, 2.24) is 15.5 Å². The summed E-state index contributed by atoms with van der Waals surface area (Å²) >= 11 is 0. The molecule has 0 bridgehead atoms. The van der Waals surface area contributed by atoms with Gasteiger partial charge in [-0.05, 0) is 24.4 Å². The van der Waals surface area contributed by atoms with Gasteiger partial charge in [0.1, 0.15) is 0 Å². The van der Waals surface area contributed by atoms with Gasteiger partial charge in [-0.3, -0.25) is 0 Å². The van der Waals surface area contributed by atoms with Crippen LogP contribution in [0.15, 0.2) is 30.3 Å². The summed E-state index contributed by atoms with van der Waals surface area (Å²) in [5, 5.41) is 6.17. The first-order valence-corrected chi connectivity index (χ1v) is 6.82. The van der Waals surface area contributed by atoms with E-state index in [1.54, 1.807) is 14.1 Å². The number of urea groups is 1. The molecule has 1 aromatic rings. The smallest absolute Gasteiger partial charge is 0.316 e. The van der Waals surface area contributed by atoms with Gasteiger partial charge in [0.15, 0.2) is 0 Å². The predicted molar refractivity (Wildman–Crippen MR) is 79.4 cm³/mol. The Labute approximate surface area is 116 Å². The van der Waals surface area contributed by atoms with Gasteiger partial charge >= 0.3 is 6.03 Å². The molecule has 1 aromatic carbocycles. The fraction of sp³-hybridized carbons (Fsp3) is 0.533. The van der Waals surface area contributed by atoms with Crippen molar-refractivity contribution in [3.05, 3.63) is 35.9 Å². The van der Waals surface area contributed by atoms with Crippen LogP contribution in [0.1, 0.15) is 24.8 Å². The number of hydrogen-bond donors (Lipinski definition) is 2. The fourth-order valence-electron chi connectivity index (χ4n) is 1.81. The maximum absolute atomic E-state index is 11.3. The fourth-order valence-corrected chi connectivity index (χ4v) is 1.81. The van der Waals surface area contributed by atoms with E-state index in [2.05, 4.69) is 41.8 Å². The molecule has 0 heterocycles. The van der Waals surface area contributed by atoms with Crippen LogP contribution in [0.25, 0.3) is 0 Å². The molecule has 4 nitrogen and oxygen atoms in total. The topological polar surface area (TPSA) is 44.4 Å². The molecule has 1 atom stereocenters. The molecular formula is C15H25N3O. The molecule has 0 aliphatic rings. The monoisotopic (exact) mass is 263 g/mol. The Morgan fingerprint density at radius 3 is 2.47 bits per heavy atom. The van der Waals surface area contributed by atoms with Gasteiger partial charge in [0.2, 0.25) is 0 Å². The molecule has 0 spiro atoms. The second-order valence-electron chi connectivity index (χ2n) is 4.98. The van der Waals surface area contributed by atoms with Crippen LogP contribution in [0.3, 0.4) is 0 Å². The van der Waals surface area contributed by atoms with Crippen LogP contribution in [0.4, 0.5) is 4.79 Å². The van der Waals surface area contributed by atoms with Gasteiger partial charge in [0, 0.05) is 27.2 Å². The zero-order valence-corrected chi connectivity index (χ0v) is 12.1. The molecule has 4 heteroatoms. The predicted octanol–water partition coefficient (Wildman–Crippen LogP) is 2.04. The Hall–Kier alpha value is -1.55. The average molecular weight is 263 g/mol. The first-order valence-electron chi connectivity index (χ1n) is 6.82. The van der Waals surface area contributed by atoms with Gasteiger partial charge in [0.25, 0.3) is 0 Å². The van der Waals surface area contributed by atoms with E-state index in [4.69, 9.17) is 0 Å². The molecule has 0 saturated heterocycles. The molecule has 19 heavy (non-hydrogen) atoms. The SMILES string of the molecule is CC(CCNCCNC(=O)N(C)C)c1ccccc1. The lowest BCUT2D eigenvalue weighted by Crippen LogP contribution is -2.38. The largest absolute Gasteiger partial charge is 0.337 e. The average Bonchev–Trinajstić information content (AvgIpc) is 2.42. The Kier molecular flexibility index (Phi) is 6.97. The summed E-state index contributed by atoms with van der Waals surface area (Å²) < 4.78 is 0. The van der Waals surface area contributed by atoms with E-state index in [1.807, 2.05) is 6.07 Å². The Balaban J connectivity index is 2.07. The first kappa shape index (κ1) is 15.5. The van der Waals surface area contributed by atoms with E-state index in [0.717, 1.165) is 19.5 Å². The maximum atomic E-state index is 11.3. The number of hydrogen-bond acceptors (Lipinski definition) is 2. The summed E-state index contributed by atoms with van der Waals surface area (Å²) in [7, 11) is 3.48. The van der Waals surface area contributed by atoms with Crippen LogP contribution in [-0.2, 0) is 0 Å². The van der Waals surface area contributed by atoms with Crippen molar-refractivity contribution in [3.8, 4) is 0 Å². The van der Waals surface area contributed by atoms with Crippen LogP contribution in [0.2, 0.25) is 0 Å². The minimum absolute atomic E-state index is 0.0422. The van der Waals surface area contributed by atoms with Gasteiger partial charge in [-0.2, -0.15) is 0 Å². The molecule has 0 aliphatic carbocycles. The van der Waals surface area contributed by atoms with E-state index >= 15 is 0 Å². The molecular weight excluding hydrogens is 238 g/mol. The van der Waals surface area contributed by atoms with Gasteiger partial charge in [-0.15, -0.1) is 0 Å². The molecule has 2 amide bonds. The standard InChI is InChI=1S/C15H25N3O/c1-13(14-7-5-4-6-8-14)9-10-16-11-12-17-15(19)18(2)3/h4-8,13,16H,9-12H2,1-3H3,(H,17,19). The van der Waals surface area contributed by atoms with E-state index < -0.39 is 0 Å². The van der Waals surface area contributed by atoms with E-state index in [0.29, 0.717) is 12.5 Å². The van der Waals surface area contributed by atoms with Crippen molar-refractivity contribution in [3.63, 3.8) is 0 Å². The molecule has 0 fully saturated rings. The highest BCUT2D eigenvalue weighted by Crippen LogP contribution is 2.17. The highest BCUT2D eigenvalue weighted by Gasteiger charge is 2.04. The van der Waals surface area contributed by atoms with Crippen LogP contribution >= 0.6 is 0 Å². The number of nitrogens with one attached hydrogen (secondary N) is 2. The Morgan fingerprint density at radius 2 is 1.84 bits per heavy atom. The molecule has 0 aliphatic heterocycles. The summed E-state index contributed by atoms with van der Waals surface area (Å²) in [6.07, 6.45) is 1.10. The van der Waals surface area contributed by atoms with Crippen LogP contribution in [0.5, 0.6) is 0 Å². The molecule has 2 N–H and O–H groups in total. The van der Waals surface area contributed by atoms with Crippen LogP contribution in [0, 0.1) is 0 Å². The number of benzene rings is 1. The zero-order chi connectivity index (χ0) is 14.1. The van der Waals surface area contributed by atoms with Gasteiger partial charge in [0.05, 0.1) is 0 Å². The zero-order valence-electron chi connectivity index (χ0n) is 12.1. The molecule has 0 aromatic heterocycles. The third-order valence-electron chi connectivity index (χ3n) is 3.11. The molecule has 0 radical (unpaired) electrons. The van der Waals surface area contributed by atoms with Gasteiger partial charge in [-0.25, -0.2) is 4.79 Å². The number of amides is 2. The molecule has 1 rings (SSSR count). The van der Waals surface area contributed by atoms with Crippen molar-refractivity contribution in [2.24, 2.45) is 0 Å². The maximum Gasteiger partial charge on any atom is 0.316 e. The van der Waals surface area contributed by atoms with E-state index in [-0.39, 0.29) is 6.03 Å². The van der Waals surface area contributed by atoms with Crippen LogP contribution < -0.4 is 10.6 Å². The minimum atomic E-state index is -0.0422. The van der Waals surface area contributed by atoms with Crippen molar-refractivity contribution >= 4 is 6.03 Å². The molecule has 106 valence electrons. The quantitative estimate of drug-likeness (QED) is 0.739. The van der Waals surface area contributed by atoms with E-state index in [1.165, 1.54) is 10.5 Å². The second kappa shape index (κ2) is 8.53. The lowest BCUT2D eigenvalue weighted by atomic mass is 9.98. The Morgan fingerprint density at radius 1 is 1.16 bits per heavy atom. The summed E-state index contributed by atoms with van der Waals surface area (Å²) in [5.74, 6) is 0.560. The van der Waals surface area contributed by atoms with Crippen molar-refractivity contribution in [1.29, 1.82) is 0 Å². The summed E-state index contributed by atoms with van der Waals surface area (Å²) in [6.45, 7) is 4.68. The summed E-state index contributed by atoms with van der Waals surface area (Å²) in [6, 6.07) is 10.5. The highest BCUT2D eigenvalue weighted by molar-refractivity contribution is 5.73. The van der Waals surface area contributed by atoms with E-state index in [9.17, 15) is 4.79 Å². The first-order chi connectivity index (χ1) is 9.11. The third-order valence-corrected chi connectivity index (χ3v) is 3.11. The van der Waals surface area contributed by atoms with Gasteiger partial charge in [-0.1, -0.05) is 37.3 Å². The summed E-state index contributed by atoms with van der Waals surface area (Å²) in [5.41, 5.74) is 1.38. The number of nitrogens with zero attached hydrogens (tertiary/aromatic N) is 1. The minimum Gasteiger partial charge on any atom is -0.337 e. The summed E-state index contributed by atoms with van der Waals surface area (Å²) in [4.78, 5) is 12.8. The van der Waals surface area contributed by atoms with Crippen molar-refractivity contribution < 1.29 is 4.79 Å². The normalized spacial score (nSPS) is 11.9. The number of carbonyl (C=O) groups excluding carboxylic acids is 1.